The van der Waals surface area contributed by atoms with Crippen molar-refractivity contribution in [1.29, 1.82) is 0 Å². The Bertz CT molecular complexity index is 620. The maximum Gasteiger partial charge on any atom is 0.338 e. The van der Waals surface area contributed by atoms with Crippen LogP contribution < -0.4 is 0 Å². The highest BCUT2D eigenvalue weighted by Gasteiger charge is 2.54. The second-order valence-electron chi connectivity index (χ2n) is 7.84. The van der Waals surface area contributed by atoms with Crippen LogP contribution in [0.25, 0.3) is 0 Å². The van der Waals surface area contributed by atoms with Crippen LogP contribution in [-0.4, -0.2) is 24.6 Å². The third-order valence-corrected chi connectivity index (χ3v) is 5.09. The minimum atomic E-state index is -0.742. The van der Waals surface area contributed by atoms with Gasteiger partial charge in [0, 0.05) is 0 Å². The smallest absolute Gasteiger partial charge is 0.338 e. The van der Waals surface area contributed by atoms with E-state index in [0.29, 0.717) is 25.0 Å². The monoisotopic (exact) mass is 346 g/mol. The quantitative estimate of drug-likeness (QED) is 0.709. The number of benzene rings is 1. The highest BCUT2D eigenvalue weighted by molar-refractivity contribution is 5.90. The van der Waals surface area contributed by atoms with Gasteiger partial charge in [0.25, 0.3) is 0 Å². The fraction of sp³-hybridized carbons (Fsp3) is 0.619. The molecule has 1 aromatic carbocycles. The van der Waals surface area contributed by atoms with Crippen molar-refractivity contribution in [2.45, 2.75) is 60.0 Å². The molecular weight excluding hydrogens is 316 g/mol. The standard InChI is InChI=1S/C21H30O4/c1-14(2)13-24-20(23)21(15(3)4)11-7-10-18(21)25-19(22)17-9-6-8-16(5)12-17/h6,8-9,12,14-15,18H,7,10-11,13H2,1-5H3. The van der Waals surface area contributed by atoms with Gasteiger partial charge in [-0.05, 0) is 50.2 Å². The van der Waals surface area contributed by atoms with Gasteiger partial charge in [0.2, 0.25) is 0 Å². The zero-order valence-corrected chi connectivity index (χ0v) is 16.0. The Morgan fingerprint density at radius 3 is 2.56 bits per heavy atom. The van der Waals surface area contributed by atoms with Gasteiger partial charge in [0.1, 0.15) is 11.5 Å². The summed E-state index contributed by atoms with van der Waals surface area (Å²) in [4.78, 5) is 25.5. The Morgan fingerprint density at radius 2 is 1.96 bits per heavy atom. The molecule has 0 N–H and O–H groups in total. The third kappa shape index (κ3) is 4.23. The molecule has 0 bridgehead atoms. The number of hydrogen-bond acceptors (Lipinski definition) is 4. The molecule has 1 aromatic rings. The fourth-order valence-electron chi connectivity index (χ4n) is 3.64. The summed E-state index contributed by atoms with van der Waals surface area (Å²) in [7, 11) is 0. The SMILES string of the molecule is Cc1cccc(C(=O)OC2CCCC2(C(=O)OCC(C)C)C(C)C)c1. The van der Waals surface area contributed by atoms with Gasteiger partial charge in [-0.3, -0.25) is 4.79 Å². The van der Waals surface area contributed by atoms with Crippen LogP contribution in [0.4, 0.5) is 0 Å². The van der Waals surface area contributed by atoms with E-state index in [9.17, 15) is 9.59 Å². The average molecular weight is 346 g/mol. The van der Waals surface area contributed by atoms with Crippen LogP contribution in [0.15, 0.2) is 24.3 Å². The molecule has 25 heavy (non-hydrogen) atoms. The lowest BCUT2D eigenvalue weighted by molar-refractivity contribution is -0.167. The summed E-state index contributed by atoms with van der Waals surface area (Å²) in [5.74, 6) is -0.263. The topological polar surface area (TPSA) is 52.6 Å². The Labute approximate surface area is 150 Å². The minimum Gasteiger partial charge on any atom is -0.465 e. The number of esters is 2. The summed E-state index contributed by atoms with van der Waals surface area (Å²) in [6, 6.07) is 7.34. The van der Waals surface area contributed by atoms with Crippen LogP contribution >= 0.6 is 0 Å². The average Bonchev–Trinajstić information content (AvgIpc) is 2.97. The minimum absolute atomic E-state index is 0.0463. The predicted octanol–water partition coefficient (Wildman–Crippen LogP) is 4.55. The first kappa shape index (κ1) is 19.5. The second kappa shape index (κ2) is 8.03. The third-order valence-electron chi connectivity index (χ3n) is 5.09. The van der Waals surface area contributed by atoms with Gasteiger partial charge in [-0.1, -0.05) is 45.4 Å². The van der Waals surface area contributed by atoms with Crippen molar-refractivity contribution in [3.63, 3.8) is 0 Å². The maximum atomic E-state index is 12.9. The first-order chi connectivity index (χ1) is 11.8. The van der Waals surface area contributed by atoms with Crippen molar-refractivity contribution in [1.82, 2.24) is 0 Å². The van der Waals surface area contributed by atoms with Crippen LogP contribution in [0, 0.1) is 24.2 Å². The molecule has 0 spiro atoms. The molecule has 0 amide bonds. The summed E-state index contributed by atoms with van der Waals surface area (Å²) in [6.45, 7) is 10.4. The Balaban J connectivity index is 2.19. The van der Waals surface area contributed by atoms with E-state index in [1.165, 1.54) is 0 Å². The highest BCUT2D eigenvalue weighted by Crippen LogP contribution is 2.47. The second-order valence-corrected chi connectivity index (χ2v) is 7.84. The summed E-state index contributed by atoms with van der Waals surface area (Å²) in [5, 5.41) is 0. The van der Waals surface area contributed by atoms with Crippen molar-refractivity contribution in [2.75, 3.05) is 6.61 Å². The maximum absolute atomic E-state index is 12.9. The predicted molar refractivity (Wildman–Crippen MR) is 97.3 cm³/mol. The molecule has 2 atom stereocenters. The van der Waals surface area contributed by atoms with E-state index in [4.69, 9.17) is 9.47 Å². The lowest BCUT2D eigenvalue weighted by Crippen LogP contribution is -2.46. The molecule has 2 rings (SSSR count). The van der Waals surface area contributed by atoms with Gasteiger partial charge < -0.3 is 9.47 Å². The Kier molecular flexibility index (Phi) is 6.26. The number of hydrogen-bond donors (Lipinski definition) is 0. The van der Waals surface area contributed by atoms with Crippen molar-refractivity contribution in [3.05, 3.63) is 35.4 Å². The zero-order chi connectivity index (χ0) is 18.6. The van der Waals surface area contributed by atoms with E-state index in [1.54, 1.807) is 6.07 Å². The van der Waals surface area contributed by atoms with Crippen LogP contribution in [0.2, 0.25) is 0 Å². The van der Waals surface area contributed by atoms with Crippen LogP contribution in [-0.2, 0) is 14.3 Å². The number of carbonyl (C=O) groups excluding carboxylic acids is 2. The highest BCUT2D eigenvalue weighted by atomic mass is 16.6. The summed E-state index contributed by atoms with van der Waals surface area (Å²) >= 11 is 0. The van der Waals surface area contributed by atoms with E-state index in [-0.39, 0.29) is 23.8 Å². The number of carbonyl (C=O) groups is 2. The number of aryl methyl sites for hydroxylation is 1. The summed E-state index contributed by atoms with van der Waals surface area (Å²) in [5.41, 5.74) is 0.793. The molecule has 0 heterocycles. The Hall–Kier alpha value is -1.84. The van der Waals surface area contributed by atoms with Crippen molar-refractivity contribution < 1.29 is 19.1 Å². The number of ether oxygens (including phenoxy) is 2. The summed E-state index contributed by atoms with van der Waals surface area (Å²) < 4.78 is 11.4. The van der Waals surface area contributed by atoms with Gasteiger partial charge in [-0.15, -0.1) is 0 Å². The van der Waals surface area contributed by atoms with Crippen LogP contribution in [0.3, 0.4) is 0 Å². The number of rotatable bonds is 6. The van der Waals surface area contributed by atoms with Crippen molar-refractivity contribution in [3.8, 4) is 0 Å². The van der Waals surface area contributed by atoms with Gasteiger partial charge >= 0.3 is 11.9 Å². The largest absolute Gasteiger partial charge is 0.465 e. The van der Waals surface area contributed by atoms with Crippen LogP contribution in [0.1, 0.15) is 62.9 Å². The first-order valence-electron chi connectivity index (χ1n) is 9.22. The molecule has 0 radical (unpaired) electrons. The molecule has 0 aromatic heterocycles. The fourth-order valence-corrected chi connectivity index (χ4v) is 3.64. The van der Waals surface area contributed by atoms with Gasteiger partial charge in [-0.25, -0.2) is 4.79 Å². The molecule has 4 heteroatoms. The zero-order valence-electron chi connectivity index (χ0n) is 16.0. The molecule has 2 unspecified atom stereocenters. The van der Waals surface area contributed by atoms with E-state index in [2.05, 4.69) is 0 Å². The van der Waals surface area contributed by atoms with E-state index in [1.807, 2.05) is 52.8 Å². The lowest BCUT2D eigenvalue weighted by Gasteiger charge is -2.36. The summed E-state index contributed by atoms with van der Waals surface area (Å²) in [6.07, 6.45) is 1.83. The molecule has 4 nitrogen and oxygen atoms in total. The molecule has 1 fully saturated rings. The van der Waals surface area contributed by atoms with Gasteiger partial charge in [0.15, 0.2) is 0 Å². The van der Waals surface area contributed by atoms with Crippen molar-refractivity contribution in [2.24, 2.45) is 17.3 Å². The van der Waals surface area contributed by atoms with Gasteiger partial charge in [0.05, 0.1) is 12.2 Å². The van der Waals surface area contributed by atoms with Crippen LogP contribution in [0.5, 0.6) is 0 Å². The molecule has 1 aliphatic carbocycles. The molecule has 1 saturated carbocycles. The van der Waals surface area contributed by atoms with Crippen molar-refractivity contribution >= 4 is 11.9 Å². The van der Waals surface area contributed by atoms with Gasteiger partial charge in [-0.2, -0.15) is 0 Å². The molecular formula is C21H30O4. The first-order valence-corrected chi connectivity index (χ1v) is 9.22. The molecule has 0 aliphatic heterocycles. The Morgan fingerprint density at radius 1 is 1.24 bits per heavy atom. The van der Waals surface area contributed by atoms with E-state index in [0.717, 1.165) is 12.0 Å². The molecule has 1 aliphatic rings. The molecule has 0 saturated heterocycles. The van der Waals surface area contributed by atoms with E-state index >= 15 is 0 Å². The lowest BCUT2D eigenvalue weighted by atomic mass is 9.74. The van der Waals surface area contributed by atoms with E-state index < -0.39 is 11.5 Å². The normalized spacial score (nSPS) is 23.1. The molecule has 138 valence electrons.